The minimum Gasteiger partial charge on any atom is -0.475 e. The van der Waals surface area contributed by atoms with Crippen molar-refractivity contribution in [3.05, 3.63) is 11.9 Å². The van der Waals surface area contributed by atoms with Gasteiger partial charge in [0.05, 0.1) is 0 Å². The molecule has 2 atom stereocenters. The Morgan fingerprint density at radius 2 is 1.96 bits per heavy atom. The molecule has 1 aromatic heterocycles. The zero-order valence-corrected chi connectivity index (χ0v) is 15.2. The van der Waals surface area contributed by atoms with Gasteiger partial charge in [0, 0.05) is 38.3 Å². The Morgan fingerprint density at radius 3 is 2.56 bits per heavy atom. The van der Waals surface area contributed by atoms with Crippen LogP contribution in [0.15, 0.2) is 6.07 Å². The standard InChI is InChI=1S/C17H27N5O3/c1-12(13-5-4-6-21(13)3)25-15-11-14(18-16(19-15)17(23)24)22-9-7-20(2)8-10-22/h11-13H,4-10H2,1-3H3,(H,23,24)/t12-,13-/m0/s1. The Labute approximate surface area is 148 Å². The molecule has 2 fully saturated rings. The normalized spacial score (nSPS) is 23.6. The summed E-state index contributed by atoms with van der Waals surface area (Å²) >= 11 is 0. The summed E-state index contributed by atoms with van der Waals surface area (Å²) in [7, 11) is 4.17. The number of piperazine rings is 1. The molecule has 0 spiro atoms. The van der Waals surface area contributed by atoms with Crippen LogP contribution in [0.2, 0.25) is 0 Å². The molecule has 138 valence electrons. The quantitative estimate of drug-likeness (QED) is 0.835. The maximum Gasteiger partial charge on any atom is 0.374 e. The Kier molecular flexibility index (Phi) is 5.39. The third-order valence-corrected chi connectivity index (χ3v) is 5.13. The second kappa shape index (κ2) is 7.53. The van der Waals surface area contributed by atoms with E-state index in [0.717, 1.165) is 45.6 Å². The summed E-state index contributed by atoms with van der Waals surface area (Å²) in [5.74, 6) is -0.374. The lowest BCUT2D eigenvalue weighted by Gasteiger charge is -2.33. The average molecular weight is 349 g/mol. The van der Waals surface area contributed by atoms with E-state index < -0.39 is 5.97 Å². The van der Waals surface area contributed by atoms with Gasteiger partial charge in [0.15, 0.2) is 0 Å². The second-order valence-corrected chi connectivity index (χ2v) is 7.00. The van der Waals surface area contributed by atoms with E-state index in [9.17, 15) is 9.90 Å². The maximum atomic E-state index is 11.4. The number of rotatable bonds is 5. The summed E-state index contributed by atoms with van der Waals surface area (Å²) in [6.07, 6.45) is 2.19. The van der Waals surface area contributed by atoms with E-state index in [1.165, 1.54) is 0 Å². The molecule has 0 bridgehead atoms. The maximum absolute atomic E-state index is 11.4. The number of carboxylic acids is 1. The summed E-state index contributed by atoms with van der Waals surface area (Å²) in [4.78, 5) is 26.3. The molecule has 2 saturated heterocycles. The molecule has 2 aliphatic rings. The summed E-state index contributed by atoms with van der Waals surface area (Å²) < 4.78 is 6.02. The fourth-order valence-electron chi connectivity index (χ4n) is 3.56. The number of nitrogens with zero attached hydrogens (tertiary/aromatic N) is 5. The van der Waals surface area contributed by atoms with Crippen LogP contribution in [0.4, 0.5) is 5.82 Å². The summed E-state index contributed by atoms with van der Waals surface area (Å²) in [5.41, 5.74) is 0. The van der Waals surface area contributed by atoms with Gasteiger partial charge in [-0.05, 0) is 40.4 Å². The number of likely N-dealkylation sites (tertiary alicyclic amines) is 1. The van der Waals surface area contributed by atoms with E-state index >= 15 is 0 Å². The van der Waals surface area contributed by atoms with Crippen molar-refractivity contribution >= 4 is 11.8 Å². The molecule has 0 unspecified atom stereocenters. The van der Waals surface area contributed by atoms with Gasteiger partial charge in [0.1, 0.15) is 11.9 Å². The molecule has 8 heteroatoms. The number of hydrogen-bond donors (Lipinski definition) is 1. The van der Waals surface area contributed by atoms with Crippen molar-refractivity contribution in [2.75, 3.05) is 51.7 Å². The third kappa shape index (κ3) is 4.19. The SMILES string of the molecule is C[C@H](Oc1cc(N2CCN(C)CC2)nc(C(=O)O)n1)[C@@H]1CCCN1C. The summed E-state index contributed by atoms with van der Waals surface area (Å²) in [6, 6.07) is 2.10. The van der Waals surface area contributed by atoms with Gasteiger partial charge in [-0.3, -0.25) is 4.90 Å². The molecule has 3 heterocycles. The number of hydrogen-bond acceptors (Lipinski definition) is 7. The molecule has 0 amide bonds. The topological polar surface area (TPSA) is 82.0 Å². The fraction of sp³-hybridized carbons (Fsp3) is 0.706. The smallest absolute Gasteiger partial charge is 0.374 e. The molecule has 25 heavy (non-hydrogen) atoms. The Bertz CT molecular complexity index is 618. The van der Waals surface area contributed by atoms with Gasteiger partial charge in [-0.15, -0.1) is 0 Å². The van der Waals surface area contributed by atoms with Gasteiger partial charge < -0.3 is 19.6 Å². The van der Waals surface area contributed by atoms with Gasteiger partial charge >= 0.3 is 5.97 Å². The minimum atomic E-state index is -1.13. The zero-order chi connectivity index (χ0) is 18.0. The number of aromatic carboxylic acids is 1. The largest absolute Gasteiger partial charge is 0.475 e. The van der Waals surface area contributed by atoms with Crippen LogP contribution in [-0.4, -0.2) is 89.8 Å². The van der Waals surface area contributed by atoms with E-state index in [2.05, 4.69) is 38.8 Å². The van der Waals surface area contributed by atoms with Crippen molar-refractivity contribution in [3.8, 4) is 5.88 Å². The highest BCUT2D eigenvalue weighted by atomic mass is 16.5. The van der Waals surface area contributed by atoms with E-state index in [1.807, 2.05) is 6.92 Å². The van der Waals surface area contributed by atoms with Gasteiger partial charge in [0.2, 0.25) is 11.7 Å². The highest BCUT2D eigenvalue weighted by molar-refractivity contribution is 5.83. The van der Waals surface area contributed by atoms with E-state index in [-0.39, 0.29) is 11.9 Å². The number of carbonyl (C=O) groups is 1. The lowest BCUT2D eigenvalue weighted by Crippen LogP contribution is -2.45. The zero-order valence-electron chi connectivity index (χ0n) is 15.2. The number of carboxylic acid groups (broad SMARTS) is 1. The van der Waals surface area contributed by atoms with Gasteiger partial charge in [-0.1, -0.05) is 0 Å². The predicted octanol–water partition coefficient (Wildman–Crippen LogP) is 0.788. The first kappa shape index (κ1) is 17.9. The van der Waals surface area contributed by atoms with Crippen molar-refractivity contribution in [1.82, 2.24) is 19.8 Å². The van der Waals surface area contributed by atoms with Crippen LogP contribution in [0, 0.1) is 0 Å². The molecule has 8 nitrogen and oxygen atoms in total. The molecular weight excluding hydrogens is 322 g/mol. The molecule has 1 N–H and O–H groups in total. The van der Waals surface area contributed by atoms with Gasteiger partial charge in [-0.2, -0.15) is 4.98 Å². The monoisotopic (exact) mass is 349 g/mol. The minimum absolute atomic E-state index is 0.0515. The Balaban J connectivity index is 1.79. The van der Waals surface area contributed by atoms with Gasteiger partial charge in [0.25, 0.3) is 0 Å². The molecule has 0 radical (unpaired) electrons. The fourth-order valence-corrected chi connectivity index (χ4v) is 3.56. The van der Waals surface area contributed by atoms with Crippen molar-refractivity contribution in [2.24, 2.45) is 0 Å². The molecule has 0 aliphatic carbocycles. The van der Waals surface area contributed by atoms with Crippen molar-refractivity contribution in [3.63, 3.8) is 0 Å². The highest BCUT2D eigenvalue weighted by Crippen LogP contribution is 2.24. The van der Waals surface area contributed by atoms with Crippen LogP contribution in [0.3, 0.4) is 0 Å². The van der Waals surface area contributed by atoms with Crippen LogP contribution < -0.4 is 9.64 Å². The van der Waals surface area contributed by atoms with Crippen molar-refractivity contribution < 1.29 is 14.6 Å². The second-order valence-electron chi connectivity index (χ2n) is 7.00. The molecule has 0 aromatic carbocycles. The van der Waals surface area contributed by atoms with Crippen molar-refractivity contribution in [2.45, 2.75) is 31.9 Å². The first-order chi connectivity index (χ1) is 11.9. The number of likely N-dealkylation sites (N-methyl/N-ethyl adjacent to an activating group) is 2. The summed E-state index contributed by atoms with van der Waals surface area (Å²) in [6.45, 7) is 6.55. The van der Waals surface area contributed by atoms with Crippen LogP contribution >= 0.6 is 0 Å². The van der Waals surface area contributed by atoms with Crippen LogP contribution in [0.1, 0.15) is 30.4 Å². The molecular formula is C17H27N5O3. The lowest BCUT2D eigenvalue weighted by atomic mass is 10.1. The van der Waals surface area contributed by atoms with E-state index in [1.54, 1.807) is 6.07 Å². The lowest BCUT2D eigenvalue weighted by molar-refractivity contribution is 0.0678. The first-order valence-corrected chi connectivity index (χ1v) is 8.87. The number of aromatic nitrogens is 2. The van der Waals surface area contributed by atoms with E-state index in [4.69, 9.17) is 4.74 Å². The van der Waals surface area contributed by atoms with Crippen LogP contribution in [0.5, 0.6) is 5.88 Å². The first-order valence-electron chi connectivity index (χ1n) is 8.87. The Hall–Kier alpha value is -1.93. The van der Waals surface area contributed by atoms with Crippen LogP contribution in [-0.2, 0) is 0 Å². The number of anilines is 1. The third-order valence-electron chi connectivity index (χ3n) is 5.13. The molecule has 1 aromatic rings. The molecule has 2 aliphatic heterocycles. The van der Waals surface area contributed by atoms with Gasteiger partial charge in [-0.25, -0.2) is 9.78 Å². The van der Waals surface area contributed by atoms with Crippen molar-refractivity contribution in [1.29, 1.82) is 0 Å². The predicted molar refractivity (Wildman–Crippen MR) is 94.4 cm³/mol. The van der Waals surface area contributed by atoms with Crippen LogP contribution in [0.25, 0.3) is 0 Å². The number of ether oxygens (including phenoxy) is 1. The Morgan fingerprint density at radius 1 is 1.24 bits per heavy atom. The molecule has 0 saturated carbocycles. The molecule has 3 rings (SSSR count). The average Bonchev–Trinajstić information content (AvgIpc) is 3.01. The highest BCUT2D eigenvalue weighted by Gasteiger charge is 2.28. The van der Waals surface area contributed by atoms with E-state index in [0.29, 0.717) is 17.7 Å². The summed E-state index contributed by atoms with van der Waals surface area (Å²) in [5, 5.41) is 9.35.